The van der Waals surface area contributed by atoms with Crippen molar-refractivity contribution in [3.63, 3.8) is 0 Å². The molecule has 0 N–H and O–H groups in total. The highest BCUT2D eigenvalue weighted by Crippen LogP contribution is 2.23. The van der Waals surface area contributed by atoms with Crippen LogP contribution in [0.1, 0.15) is 39.1 Å². The smallest absolute Gasteiger partial charge is 0.306 e. The highest BCUT2D eigenvalue weighted by atomic mass is 19.1. The zero-order valence-corrected chi connectivity index (χ0v) is 14.7. The van der Waals surface area contributed by atoms with Gasteiger partial charge in [0, 0.05) is 18.5 Å². The van der Waals surface area contributed by atoms with Crippen LogP contribution in [0.5, 0.6) is 5.75 Å². The summed E-state index contributed by atoms with van der Waals surface area (Å²) in [6.07, 6.45) is 0.315. The minimum absolute atomic E-state index is 0.0328. The van der Waals surface area contributed by atoms with Crippen molar-refractivity contribution in [1.29, 1.82) is 0 Å². The van der Waals surface area contributed by atoms with Crippen LogP contribution in [-0.4, -0.2) is 36.3 Å². The van der Waals surface area contributed by atoms with Crippen molar-refractivity contribution >= 4 is 17.8 Å². The summed E-state index contributed by atoms with van der Waals surface area (Å²) in [7, 11) is 1.45. The van der Waals surface area contributed by atoms with Crippen molar-refractivity contribution in [3.8, 4) is 5.75 Å². The molecule has 0 bridgehead atoms. The van der Waals surface area contributed by atoms with Crippen LogP contribution in [0.4, 0.5) is 4.39 Å². The van der Waals surface area contributed by atoms with E-state index in [1.165, 1.54) is 25.3 Å². The number of ether oxygens (including phenoxy) is 2. The van der Waals surface area contributed by atoms with Gasteiger partial charge in [-0.2, -0.15) is 0 Å². The van der Waals surface area contributed by atoms with Gasteiger partial charge in [0.15, 0.2) is 0 Å². The number of carbonyl (C=O) groups is 3. The van der Waals surface area contributed by atoms with Gasteiger partial charge in [-0.1, -0.05) is 12.1 Å². The summed E-state index contributed by atoms with van der Waals surface area (Å²) in [5.74, 6) is -1.23. The van der Waals surface area contributed by atoms with Gasteiger partial charge in [-0.25, -0.2) is 4.39 Å². The fourth-order valence-corrected chi connectivity index (χ4v) is 2.91. The van der Waals surface area contributed by atoms with Crippen molar-refractivity contribution in [2.75, 3.05) is 13.7 Å². The lowest BCUT2D eigenvalue weighted by Crippen LogP contribution is -2.31. The molecule has 0 spiro atoms. The Morgan fingerprint density at radius 2 is 1.74 bits per heavy atom. The van der Waals surface area contributed by atoms with Crippen LogP contribution in [0.25, 0.3) is 0 Å². The summed E-state index contributed by atoms with van der Waals surface area (Å²) in [5, 5.41) is 0. The lowest BCUT2D eigenvalue weighted by atomic mass is 10.1. The molecule has 0 saturated heterocycles. The average Bonchev–Trinajstić information content (AvgIpc) is 2.91. The van der Waals surface area contributed by atoms with Crippen molar-refractivity contribution < 1.29 is 28.2 Å². The molecule has 1 heterocycles. The van der Waals surface area contributed by atoms with E-state index in [1.807, 2.05) is 0 Å². The number of amides is 2. The average molecular weight is 371 g/mol. The molecule has 6 nitrogen and oxygen atoms in total. The Morgan fingerprint density at radius 3 is 2.37 bits per heavy atom. The topological polar surface area (TPSA) is 72.9 Å². The number of fused-ring (bicyclic) bond motifs is 1. The Labute approximate surface area is 155 Å². The van der Waals surface area contributed by atoms with Crippen molar-refractivity contribution in [2.24, 2.45) is 0 Å². The van der Waals surface area contributed by atoms with Gasteiger partial charge < -0.3 is 9.47 Å². The number of carbonyl (C=O) groups excluding carboxylic acids is 3. The van der Waals surface area contributed by atoms with Gasteiger partial charge >= 0.3 is 5.97 Å². The maximum absolute atomic E-state index is 13.3. The Balaban J connectivity index is 1.49. The van der Waals surface area contributed by atoms with Gasteiger partial charge in [-0.15, -0.1) is 0 Å². The first-order valence-corrected chi connectivity index (χ1v) is 8.44. The van der Waals surface area contributed by atoms with E-state index >= 15 is 0 Å². The van der Waals surface area contributed by atoms with E-state index in [0.29, 0.717) is 22.4 Å². The van der Waals surface area contributed by atoms with Crippen LogP contribution in [0.3, 0.4) is 0 Å². The van der Waals surface area contributed by atoms with Gasteiger partial charge in [-0.3, -0.25) is 19.3 Å². The number of methoxy groups -OCH3 is 1. The van der Waals surface area contributed by atoms with Gasteiger partial charge in [0.05, 0.1) is 18.2 Å². The fourth-order valence-electron chi connectivity index (χ4n) is 2.91. The number of hydrogen-bond acceptors (Lipinski definition) is 5. The predicted molar refractivity (Wildman–Crippen MR) is 93.8 cm³/mol. The zero-order valence-electron chi connectivity index (χ0n) is 14.7. The summed E-state index contributed by atoms with van der Waals surface area (Å²) < 4.78 is 23.5. The van der Waals surface area contributed by atoms with Gasteiger partial charge in [0.1, 0.15) is 18.2 Å². The highest BCUT2D eigenvalue weighted by Gasteiger charge is 2.34. The predicted octanol–water partition coefficient (Wildman–Crippen LogP) is 2.95. The third-order valence-electron chi connectivity index (χ3n) is 4.27. The monoisotopic (exact) mass is 371 g/mol. The van der Waals surface area contributed by atoms with Crippen LogP contribution in [0, 0.1) is 5.82 Å². The standard InChI is InChI=1S/C20H18FNO5/c1-26-17-9-8-14(21)11-13(17)12-27-18(23)7-4-10-22-19(24)15-5-2-3-6-16(15)20(22)25/h2-3,5-6,8-9,11H,4,7,10,12H2,1H3. The summed E-state index contributed by atoms with van der Waals surface area (Å²) in [4.78, 5) is 37.5. The van der Waals surface area contributed by atoms with Gasteiger partial charge in [-0.05, 0) is 36.8 Å². The zero-order chi connectivity index (χ0) is 19.4. The lowest BCUT2D eigenvalue weighted by molar-refractivity contribution is -0.145. The molecule has 140 valence electrons. The van der Waals surface area contributed by atoms with E-state index in [1.54, 1.807) is 24.3 Å². The van der Waals surface area contributed by atoms with Crippen molar-refractivity contribution in [2.45, 2.75) is 19.4 Å². The molecular weight excluding hydrogens is 353 g/mol. The van der Waals surface area contributed by atoms with Crippen LogP contribution in [0.2, 0.25) is 0 Å². The van der Waals surface area contributed by atoms with Crippen molar-refractivity contribution in [1.82, 2.24) is 4.90 Å². The molecule has 0 aromatic heterocycles. The first-order chi connectivity index (χ1) is 13.0. The molecule has 0 atom stereocenters. The molecule has 27 heavy (non-hydrogen) atoms. The molecule has 1 aliphatic rings. The second-order valence-corrected chi connectivity index (χ2v) is 6.03. The number of rotatable bonds is 7. The Hall–Kier alpha value is -3.22. The quantitative estimate of drug-likeness (QED) is 0.553. The Kier molecular flexibility index (Phi) is 5.49. The SMILES string of the molecule is COc1ccc(F)cc1COC(=O)CCCN1C(=O)c2ccccc2C1=O. The number of benzene rings is 2. The minimum Gasteiger partial charge on any atom is -0.496 e. The van der Waals surface area contributed by atoms with Crippen LogP contribution < -0.4 is 4.74 Å². The molecular formula is C20H18FNO5. The van der Waals surface area contributed by atoms with Gasteiger partial charge in [0.2, 0.25) is 0 Å². The van der Waals surface area contributed by atoms with Gasteiger partial charge in [0.25, 0.3) is 11.8 Å². The normalized spacial score (nSPS) is 12.9. The maximum atomic E-state index is 13.3. The molecule has 2 amide bonds. The van der Waals surface area contributed by atoms with E-state index in [9.17, 15) is 18.8 Å². The highest BCUT2D eigenvalue weighted by molar-refractivity contribution is 6.21. The van der Waals surface area contributed by atoms with Crippen LogP contribution in [0.15, 0.2) is 42.5 Å². The first kappa shape index (κ1) is 18.6. The third kappa shape index (κ3) is 3.97. The van der Waals surface area contributed by atoms with E-state index in [2.05, 4.69) is 0 Å². The van der Waals surface area contributed by atoms with Crippen LogP contribution >= 0.6 is 0 Å². The second kappa shape index (κ2) is 7.99. The summed E-state index contributed by atoms with van der Waals surface area (Å²) in [6.45, 7) is 0.0114. The largest absolute Gasteiger partial charge is 0.496 e. The third-order valence-corrected chi connectivity index (χ3v) is 4.27. The molecule has 2 aromatic carbocycles. The Bertz CT molecular complexity index is 861. The Morgan fingerprint density at radius 1 is 1.07 bits per heavy atom. The molecule has 0 saturated carbocycles. The van der Waals surface area contributed by atoms with E-state index in [0.717, 1.165) is 4.90 Å². The molecule has 2 aromatic rings. The molecule has 7 heteroatoms. The van der Waals surface area contributed by atoms with Crippen molar-refractivity contribution in [3.05, 3.63) is 65.0 Å². The number of imide groups is 1. The minimum atomic E-state index is -0.502. The number of halogens is 1. The number of hydrogen-bond donors (Lipinski definition) is 0. The lowest BCUT2D eigenvalue weighted by Gasteiger charge is -2.13. The summed E-state index contributed by atoms with van der Waals surface area (Å²) in [5.41, 5.74) is 1.18. The van der Waals surface area contributed by atoms with E-state index in [-0.39, 0.29) is 37.8 Å². The molecule has 0 aliphatic carbocycles. The molecule has 3 rings (SSSR count). The summed E-state index contributed by atoms with van der Waals surface area (Å²) in [6, 6.07) is 10.6. The van der Waals surface area contributed by atoms with E-state index in [4.69, 9.17) is 9.47 Å². The summed E-state index contributed by atoms with van der Waals surface area (Å²) >= 11 is 0. The second-order valence-electron chi connectivity index (χ2n) is 6.03. The molecule has 1 aliphatic heterocycles. The molecule has 0 unspecified atom stereocenters. The first-order valence-electron chi connectivity index (χ1n) is 8.44. The molecule has 0 fully saturated rings. The van der Waals surface area contributed by atoms with E-state index < -0.39 is 11.8 Å². The number of esters is 1. The maximum Gasteiger partial charge on any atom is 0.306 e. The number of nitrogens with zero attached hydrogens (tertiary/aromatic N) is 1. The fraction of sp³-hybridized carbons (Fsp3) is 0.250. The van der Waals surface area contributed by atoms with Crippen LogP contribution in [-0.2, 0) is 16.1 Å². The molecule has 0 radical (unpaired) electrons.